The predicted molar refractivity (Wildman–Crippen MR) is 146 cm³/mol. The van der Waals surface area contributed by atoms with Crippen LogP contribution in [0.4, 0.5) is 0 Å². The van der Waals surface area contributed by atoms with Gasteiger partial charge in [0.2, 0.25) is 0 Å². The van der Waals surface area contributed by atoms with E-state index in [1.165, 1.54) is 12.2 Å². The van der Waals surface area contributed by atoms with Crippen LogP contribution < -0.4 is 9.47 Å². The molecule has 3 aromatic rings. The van der Waals surface area contributed by atoms with Crippen LogP contribution in [0.2, 0.25) is 0 Å². The quantitative estimate of drug-likeness (QED) is 0.207. The first kappa shape index (κ1) is 26.7. The summed E-state index contributed by atoms with van der Waals surface area (Å²) in [5.74, 6) is -0.636. The van der Waals surface area contributed by atoms with Gasteiger partial charge in [0, 0.05) is 17.7 Å². The largest absolute Gasteiger partial charge is 0.419 e. The molecule has 0 radical (unpaired) electrons. The van der Waals surface area contributed by atoms with Gasteiger partial charge in [-0.15, -0.1) is 0 Å². The summed E-state index contributed by atoms with van der Waals surface area (Å²) in [5.41, 5.74) is 2.93. The Balaban J connectivity index is 2.00. The first-order valence-corrected chi connectivity index (χ1v) is 12.0. The molecule has 0 aliphatic heterocycles. The molecular formula is C32H34O4. The van der Waals surface area contributed by atoms with Crippen LogP contribution in [0.3, 0.4) is 0 Å². The van der Waals surface area contributed by atoms with Gasteiger partial charge in [-0.25, -0.2) is 9.59 Å². The second kappa shape index (κ2) is 11.2. The maximum absolute atomic E-state index is 12.8. The zero-order chi connectivity index (χ0) is 26.3. The summed E-state index contributed by atoms with van der Waals surface area (Å²) in [5, 5.41) is 0. The minimum absolute atomic E-state index is 0.212. The molecule has 4 nitrogen and oxygen atoms in total. The molecular weight excluding hydrogens is 448 g/mol. The van der Waals surface area contributed by atoms with Crippen LogP contribution in [0.1, 0.15) is 63.8 Å². The van der Waals surface area contributed by atoms with Crippen LogP contribution in [0.15, 0.2) is 84.9 Å². The Hall–Kier alpha value is -3.92. The number of rotatable bonds is 6. The molecule has 36 heavy (non-hydrogen) atoms. The van der Waals surface area contributed by atoms with Crippen molar-refractivity contribution < 1.29 is 19.1 Å². The molecule has 0 bridgehead atoms. The van der Waals surface area contributed by atoms with E-state index in [2.05, 4.69) is 20.8 Å². The molecule has 0 aliphatic rings. The van der Waals surface area contributed by atoms with Gasteiger partial charge < -0.3 is 9.47 Å². The molecule has 0 fully saturated rings. The standard InChI is InChI=1S/C32H34O4/c1-31(2,3)25-21-26(32(4,5)6)30(36-29(34)20-18-24-15-11-8-12-16-24)27(22-25)35-28(33)19-17-23-13-9-7-10-14-23/h7-22H,1-6H3. The summed E-state index contributed by atoms with van der Waals surface area (Å²) in [6.07, 6.45) is 6.13. The summed E-state index contributed by atoms with van der Waals surface area (Å²) < 4.78 is 11.6. The molecule has 0 N–H and O–H groups in total. The first-order chi connectivity index (χ1) is 16.9. The SMILES string of the molecule is CC(C)(C)c1cc(OC(=O)C=Cc2ccccc2)c(OC(=O)C=Cc2ccccc2)c(C(C)(C)C)c1. The Morgan fingerprint density at radius 3 is 1.56 bits per heavy atom. The lowest BCUT2D eigenvalue weighted by atomic mass is 9.80. The third-order valence-corrected chi connectivity index (χ3v) is 5.56. The van der Waals surface area contributed by atoms with E-state index in [0.717, 1.165) is 22.3 Å². The molecule has 0 atom stereocenters. The van der Waals surface area contributed by atoms with Gasteiger partial charge in [0.05, 0.1) is 0 Å². The van der Waals surface area contributed by atoms with Gasteiger partial charge in [0.25, 0.3) is 0 Å². The maximum atomic E-state index is 12.8. The van der Waals surface area contributed by atoms with Gasteiger partial charge in [-0.2, -0.15) is 0 Å². The van der Waals surface area contributed by atoms with Crippen LogP contribution in [0.25, 0.3) is 12.2 Å². The lowest BCUT2D eigenvalue weighted by Crippen LogP contribution is -2.20. The van der Waals surface area contributed by atoms with Crippen molar-refractivity contribution in [1.82, 2.24) is 0 Å². The van der Waals surface area contributed by atoms with Crippen molar-refractivity contribution in [1.29, 1.82) is 0 Å². The van der Waals surface area contributed by atoms with Crippen LogP contribution in [-0.2, 0) is 20.4 Å². The summed E-state index contributed by atoms with van der Waals surface area (Å²) in [7, 11) is 0. The minimum atomic E-state index is -0.554. The van der Waals surface area contributed by atoms with Crippen LogP contribution in [-0.4, -0.2) is 11.9 Å². The molecule has 0 saturated heterocycles. The fraction of sp³-hybridized carbons (Fsp3) is 0.250. The summed E-state index contributed by atoms with van der Waals surface area (Å²) in [6.45, 7) is 12.4. The van der Waals surface area contributed by atoms with E-state index < -0.39 is 11.9 Å². The van der Waals surface area contributed by atoms with Crippen LogP contribution in [0, 0.1) is 0 Å². The number of esters is 2. The second-order valence-electron chi connectivity index (χ2n) is 10.7. The molecule has 0 aromatic heterocycles. The van der Waals surface area contributed by atoms with Crippen molar-refractivity contribution in [2.24, 2.45) is 0 Å². The number of ether oxygens (including phenoxy) is 2. The summed E-state index contributed by atoms with van der Waals surface area (Å²) in [6, 6.07) is 22.8. The molecule has 0 heterocycles. The van der Waals surface area contributed by atoms with Gasteiger partial charge >= 0.3 is 11.9 Å². The molecule has 186 valence electrons. The Kier molecular flexibility index (Phi) is 8.31. The lowest BCUT2D eigenvalue weighted by Gasteiger charge is -2.28. The minimum Gasteiger partial charge on any atom is -0.419 e. The molecule has 0 unspecified atom stereocenters. The molecule has 0 aliphatic carbocycles. The first-order valence-electron chi connectivity index (χ1n) is 12.0. The van der Waals surface area contributed by atoms with Crippen LogP contribution in [0.5, 0.6) is 11.5 Å². The molecule has 4 heteroatoms. The monoisotopic (exact) mass is 482 g/mol. The highest BCUT2D eigenvalue weighted by molar-refractivity contribution is 5.91. The number of carbonyl (C=O) groups excluding carboxylic acids is 2. The van der Waals surface area contributed by atoms with E-state index in [9.17, 15) is 9.59 Å². The summed E-state index contributed by atoms with van der Waals surface area (Å²) >= 11 is 0. The number of hydrogen-bond donors (Lipinski definition) is 0. The topological polar surface area (TPSA) is 52.6 Å². The Morgan fingerprint density at radius 1 is 0.639 bits per heavy atom. The van der Waals surface area contributed by atoms with Crippen LogP contribution >= 0.6 is 0 Å². The van der Waals surface area contributed by atoms with Crippen molar-refractivity contribution in [3.8, 4) is 11.5 Å². The third-order valence-electron chi connectivity index (χ3n) is 5.56. The normalized spacial score (nSPS) is 12.2. The highest BCUT2D eigenvalue weighted by Crippen LogP contribution is 2.42. The predicted octanol–water partition coefficient (Wildman–Crippen LogP) is 7.52. The van der Waals surface area contributed by atoms with Crippen molar-refractivity contribution in [2.45, 2.75) is 52.4 Å². The molecule has 0 amide bonds. The molecule has 3 rings (SSSR count). The van der Waals surface area contributed by atoms with E-state index in [-0.39, 0.29) is 22.3 Å². The highest BCUT2D eigenvalue weighted by Gasteiger charge is 2.28. The summed E-state index contributed by atoms with van der Waals surface area (Å²) in [4.78, 5) is 25.6. The smallest absolute Gasteiger partial charge is 0.336 e. The fourth-order valence-electron chi connectivity index (χ4n) is 3.51. The lowest BCUT2D eigenvalue weighted by molar-refractivity contribution is -0.131. The van der Waals surface area contributed by atoms with Crippen molar-refractivity contribution in [2.75, 3.05) is 0 Å². The Morgan fingerprint density at radius 2 is 1.11 bits per heavy atom. The number of benzene rings is 3. The zero-order valence-corrected chi connectivity index (χ0v) is 21.9. The number of hydrogen-bond acceptors (Lipinski definition) is 4. The van der Waals surface area contributed by atoms with E-state index in [1.54, 1.807) is 18.2 Å². The average Bonchev–Trinajstić information content (AvgIpc) is 2.82. The zero-order valence-electron chi connectivity index (χ0n) is 21.9. The Labute approximate surface area is 214 Å². The molecule has 0 saturated carbocycles. The average molecular weight is 483 g/mol. The number of carbonyl (C=O) groups is 2. The van der Waals surface area contributed by atoms with Gasteiger partial charge in [-0.05, 0) is 45.7 Å². The van der Waals surface area contributed by atoms with E-state index in [1.807, 2.05) is 87.5 Å². The second-order valence-corrected chi connectivity index (χ2v) is 10.7. The van der Waals surface area contributed by atoms with Gasteiger partial charge in [0.1, 0.15) is 0 Å². The fourth-order valence-corrected chi connectivity index (χ4v) is 3.51. The van der Waals surface area contributed by atoms with E-state index in [0.29, 0.717) is 0 Å². The van der Waals surface area contributed by atoms with Gasteiger partial charge in [-0.1, -0.05) is 108 Å². The Bertz CT molecular complexity index is 1260. The van der Waals surface area contributed by atoms with E-state index >= 15 is 0 Å². The third kappa shape index (κ3) is 7.54. The van der Waals surface area contributed by atoms with E-state index in [4.69, 9.17) is 9.47 Å². The van der Waals surface area contributed by atoms with Crippen molar-refractivity contribution in [3.05, 3.63) is 107 Å². The molecule has 0 spiro atoms. The van der Waals surface area contributed by atoms with Gasteiger partial charge in [0.15, 0.2) is 11.5 Å². The van der Waals surface area contributed by atoms with Crippen molar-refractivity contribution in [3.63, 3.8) is 0 Å². The molecule has 3 aromatic carbocycles. The maximum Gasteiger partial charge on any atom is 0.336 e. The van der Waals surface area contributed by atoms with Crippen molar-refractivity contribution >= 4 is 24.1 Å². The highest BCUT2D eigenvalue weighted by atomic mass is 16.6. The van der Waals surface area contributed by atoms with Gasteiger partial charge in [-0.3, -0.25) is 0 Å².